The fourth-order valence-electron chi connectivity index (χ4n) is 1.29. The lowest BCUT2D eigenvalue weighted by atomic mass is 10.0. The molecule has 0 aliphatic heterocycles. The molecule has 0 aromatic carbocycles. The van der Waals surface area contributed by atoms with Gasteiger partial charge in [0.1, 0.15) is 0 Å². The first-order chi connectivity index (χ1) is 6.57. The lowest BCUT2D eigenvalue weighted by Gasteiger charge is -2.18. The highest BCUT2D eigenvalue weighted by Crippen LogP contribution is 2.18. The van der Waals surface area contributed by atoms with Gasteiger partial charge in [0.25, 0.3) is 4.82 Å². The van der Waals surface area contributed by atoms with Crippen LogP contribution in [0.3, 0.4) is 0 Å². The Morgan fingerprint density at radius 2 is 2.00 bits per heavy atom. The number of hydrogen-bond donors (Lipinski definition) is 1. The van der Waals surface area contributed by atoms with E-state index in [1.165, 1.54) is 25.7 Å². The van der Waals surface area contributed by atoms with Gasteiger partial charge in [0.2, 0.25) is 0 Å². The van der Waals surface area contributed by atoms with Gasteiger partial charge < -0.3 is 5.32 Å². The molecule has 0 heterocycles. The molecule has 0 saturated heterocycles. The minimum absolute atomic E-state index is 0.0796. The Labute approximate surface area is 103 Å². The largest absolute Gasteiger partial charge is 0.334 e. The molecule has 4 heteroatoms. The molecule has 14 heavy (non-hydrogen) atoms. The van der Waals surface area contributed by atoms with Gasteiger partial charge in [-0.3, -0.25) is 4.79 Å². The number of carbonyl (C=O) groups excluding carboxylic acids is 1. The fraction of sp³-hybridized carbons (Fsp3) is 0.900. The van der Waals surface area contributed by atoms with E-state index in [0.717, 1.165) is 6.42 Å². The van der Waals surface area contributed by atoms with Gasteiger partial charge in [-0.25, -0.2) is 0 Å². The number of halogens is 2. The summed E-state index contributed by atoms with van der Waals surface area (Å²) in [6.07, 6.45) is 6.27. The van der Waals surface area contributed by atoms with E-state index in [-0.39, 0.29) is 9.77 Å². The van der Waals surface area contributed by atoms with Crippen LogP contribution in [-0.2, 0) is 0 Å². The Bertz CT molecular complexity index is 164. The lowest BCUT2D eigenvalue weighted by molar-refractivity contribution is 0.258. The Morgan fingerprint density at radius 3 is 2.50 bits per heavy atom. The number of amides is 1. The zero-order chi connectivity index (χ0) is 11.0. The summed E-state index contributed by atoms with van der Waals surface area (Å²) in [5.41, 5.74) is 0. The van der Waals surface area contributed by atoms with Crippen molar-refractivity contribution in [2.75, 3.05) is 0 Å². The van der Waals surface area contributed by atoms with Crippen LogP contribution in [0.1, 0.15) is 46.0 Å². The van der Waals surface area contributed by atoms with E-state index in [1.807, 2.05) is 0 Å². The molecule has 0 saturated carbocycles. The molecule has 2 unspecified atom stereocenters. The van der Waals surface area contributed by atoms with Gasteiger partial charge in [-0.15, -0.1) is 0 Å². The second-order valence-corrected chi connectivity index (χ2v) is 5.35. The molecule has 0 rings (SSSR count). The summed E-state index contributed by atoms with van der Waals surface area (Å²) in [7, 11) is 0. The summed E-state index contributed by atoms with van der Waals surface area (Å²) < 4.78 is 0. The number of unbranched alkanes of at least 4 members (excludes halogenated alkanes) is 3. The number of carbonyl (C=O) groups is 1. The highest BCUT2D eigenvalue weighted by atomic mass is 79.9. The van der Waals surface area contributed by atoms with E-state index in [9.17, 15) is 4.79 Å². The average Bonchev–Trinajstić information content (AvgIpc) is 2.11. The molecule has 0 spiro atoms. The van der Waals surface area contributed by atoms with Crippen molar-refractivity contribution >= 4 is 36.7 Å². The maximum absolute atomic E-state index is 10.7. The van der Waals surface area contributed by atoms with E-state index in [0.29, 0.717) is 5.92 Å². The van der Waals surface area contributed by atoms with Gasteiger partial charge in [0, 0.05) is 15.9 Å². The van der Waals surface area contributed by atoms with Gasteiger partial charge in [-0.2, -0.15) is 0 Å². The van der Waals surface area contributed by atoms with Crippen molar-refractivity contribution in [2.45, 2.75) is 50.9 Å². The molecule has 0 bridgehead atoms. The Balaban J connectivity index is 3.51. The topological polar surface area (TPSA) is 29.1 Å². The lowest BCUT2D eigenvalue weighted by Crippen LogP contribution is -2.31. The Morgan fingerprint density at radius 1 is 1.36 bits per heavy atom. The minimum atomic E-state index is -0.153. The van der Waals surface area contributed by atoms with E-state index in [4.69, 9.17) is 0 Å². The summed E-state index contributed by atoms with van der Waals surface area (Å²) in [5.74, 6) is 0.480. The van der Waals surface area contributed by atoms with Gasteiger partial charge >= 0.3 is 0 Å². The maximum atomic E-state index is 10.7. The quantitative estimate of drug-likeness (QED) is 0.319. The monoisotopic (exact) mass is 327 g/mol. The fourth-order valence-corrected chi connectivity index (χ4v) is 2.32. The molecular weight excluding hydrogens is 310 g/mol. The van der Waals surface area contributed by atoms with Crippen molar-refractivity contribution in [3.8, 4) is 0 Å². The molecule has 1 N–H and O–H groups in total. The first-order valence-electron chi connectivity index (χ1n) is 5.18. The van der Waals surface area contributed by atoms with E-state index >= 15 is 0 Å². The Kier molecular flexibility index (Phi) is 8.98. The van der Waals surface area contributed by atoms with Crippen LogP contribution < -0.4 is 5.32 Å². The molecule has 84 valence electrons. The number of hydrogen-bond acceptors (Lipinski definition) is 1. The van der Waals surface area contributed by atoms with Crippen molar-refractivity contribution in [3.63, 3.8) is 0 Å². The first kappa shape index (κ1) is 14.4. The first-order valence-corrected chi connectivity index (χ1v) is 6.88. The molecule has 0 aliphatic carbocycles. The third-order valence-electron chi connectivity index (χ3n) is 2.26. The minimum Gasteiger partial charge on any atom is -0.334 e. The van der Waals surface area contributed by atoms with E-state index in [1.54, 1.807) is 0 Å². The summed E-state index contributed by atoms with van der Waals surface area (Å²) in [4.78, 5) is 10.6. The summed E-state index contributed by atoms with van der Waals surface area (Å²) in [6.45, 7) is 4.36. The molecule has 0 radical (unpaired) electrons. The second-order valence-electron chi connectivity index (χ2n) is 3.65. The van der Waals surface area contributed by atoms with E-state index < -0.39 is 0 Å². The average molecular weight is 329 g/mol. The summed E-state index contributed by atoms with van der Waals surface area (Å²) in [6, 6.07) is 0. The van der Waals surface area contributed by atoms with Crippen LogP contribution in [0.2, 0.25) is 0 Å². The zero-order valence-electron chi connectivity index (χ0n) is 8.85. The molecule has 0 aromatic heterocycles. The molecule has 0 fully saturated rings. The maximum Gasteiger partial charge on any atom is 0.288 e. The van der Waals surface area contributed by atoms with Crippen LogP contribution in [0, 0.1) is 5.92 Å². The van der Waals surface area contributed by atoms with Crippen molar-refractivity contribution in [1.29, 1.82) is 0 Å². The van der Waals surface area contributed by atoms with Gasteiger partial charge in [-0.05, 0) is 12.3 Å². The van der Waals surface area contributed by atoms with Crippen LogP contribution in [-0.4, -0.2) is 9.77 Å². The number of nitrogens with one attached hydrogen (secondary N) is 1. The van der Waals surface area contributed by atoms with Gasteiger partial charge in [0.15, 0.2) is 0 Å². The number of rotatable bonds is 7. The Hall–Kier alpha value is 0.430. The molecule has 2 atom stereocenters. The molecule has 0 aromatic rings. The predicted molar refractivity (Wildman–Crippen MR) is 68.1 cm³/mol. The van der Waals surface area contributed by atoms with Crippen LogP contribution in [0.25, 0.3) is 0 Å². The molecule has 0 aliphatic rings. The van der Waals surface area contributed by atoms with Crippen LogP contribution in [0.15, 0.2) is 0 Å². The number of alkyl halides is 1. The molecule has 1 amide bonds. The molecule has 2 nitrogen and oxygen atoms in total. The third-order valence-corrected chi connectivity index (χ3v) is 3.62. The second kappa shape index (κ2) is 8.72. The standard InChI is InChI=1S/C10H19Br2NO/c1-3-4-5-6-7-8(2)9(11)13-10(12)14/h8-9H,3-7H2,1-2H3,(H,13,14). The zero-order valence-corrected chi connectivity index (χ0v) is 12.0. The van der Waals surface area contributed by atoms with Crippen molar-refractivity contribution in [2.24, 2.45) is 5.92 Å². The van der Waals surface area contributed by atoms with E-state index in [2.05, 4.69) is 51.0 Å². The van der Waals surface area contributed by atoms with Crippen LogP contribution in [0.4, 0.5) is 4.79 Å². The smallest absolute Gasteiger partial charge is 0.288 e. The predicted octanol–water partition coefficient (Wildman–Crippen LogP) is 4.42. The SMILES string of the molecule is CCCCCCC(C)C(Br)NC(=O)Br. The van der Waals surface area contributed by atoms with Gasteiger partial charge in [0.05, 0.1) is 4.95 Å². The highest BCUT2D eigenvalue weighted by Gasteiger charge is 2.14. The van der Waals surface area contributed by atoms with Crippen molar-refractivity contribution in [3.05, 3.63) is 0 Å². The highest BCUT2D eigenvalue weighted by molar-refractivity contribution is 9.18. The van der Waals surface area contributed by atoms with Gasteiger partial charge in [-0.1, -0.05) is 55.5 Å². The normalized spacial score (nSPS) is 14.9. The van der Waals surface area contributed by atoms with Crippen LogP contribution in [0.5, 0.6) is 0 Å². The van der Waals surface area contributed by atoms with Crippen molar-refractivity contribution in [1.82, 2.24) is 5.32 Å². The van der Waals surface area contributed by atoms with Crippen molar-refractivity contribution < 1.29 is 4.79 Å². The molecular formula is C10H19Br2NO. The summed E-state index contributed by atoms with van der Waals surface area (Å²) in [5, 5.41) is 2.78. The van der Waals surface area contributed by atoms with Crippen LogP contribution >= 0.6 is 31.9 Å². The third kappa shape index (κ3) is 7.80. The summed E-state index contributed by atoms with van der Waals surface area (Å²) >= 11 is 6.31.